The van der Waals surface area contributed by atoms with Crippen LogP contribution < -0.4 is 0 Å². The molecule has 12 heavy (non-hydrogen) atoms. The fourth-order valence-corrected chi connectivity index (χ4v) is 1.85. The van der Waals surface area contributed by atoms with Crippen molar-refractivity contribution in [1.29, 1.82) is 0 Å². The fraction of sp³-hybridized carbons (Fsp3) is 0.900. The van der Waals surface area contributed by atoms with Gasteiger partial charge in [-0.1, -0.05) is 26.7 Å². The number of Topliss-reactive ketones (excluding diaryl/α,β-unsaturated/α-hetero) is 1. The molecular weight excluding hydrogens is 152 g/mol. The van der Waals surface area contributed by atoms with E-state index in [0.717, 1.165) is 12.8 Å². The van der Waals surface area contributed by atoms with E-state index < -0.39 is 6.10 Å². The van der Waals surface area contributed by atoms with Crippen LogP contribution in [0.1, 0.15) is 39.5 Å². The van der Waals surface area contributed by atoms with Crippen LogP contribution in [0.2, 0.25) is 0 Å². The first-order chi connectivity index (χ1) is 5.63. The predicted molar refractivity (Wildman–Crippen MR) is 47.8 cm³/mol. The highest BCUT2D eigenvalue weighted by molar-refractivity contribution is 5.84. The standard InChI is InChI=1S/C10H18O2/c1-7(2)9(11)10(12)8-5-3-4-6-8/h7-8,10,12H,3-6H2,1-2H3. The Morgan fingerprint density at radius 3 is 2.25 bits per heavy atom. The average Bonchev–Trinajstić information content (AvgIpc) is 2.53. The molecule has 0 aromatic rings. The highest BCUT2D eigenvalue weighted by atomic mass is 16.3. The number of carbonyl (C=O) groups excluding carboxylic acids is 1. The lowest BCUT2D eigenvalue weighted by atomic mass is 9.92. The van der Waals surface area contributed by atoms with Gasteiger partial charge >= 0.3 is 0 Å². The number of carbonyl (C=O) groups is 1. The summed E-state index contributed by atoms with van der Waals surface area (Å²) in [5.41, 5.74) is 0. The molecule has 1 N–H and O–H groups in total. The molecule has 1 fully saturated rings. The third-order valence-corrected chi connectivity index (χ3v) is 2.71. The number of hydrogen-bond donors (Lipinski definition) is 1. The molecule has 1 atom stereocenters. The highest BCUT2D eigenvalue weighted by Gasteiger charge is 2.29. The molecule has 1 saturated carbocycles. The topological polar surface area (TPSA) is 37.3 Å². The zero-order valence-electron chi connectivity index (χ0n) is 7.92. The van der Waals surface area contributed by atoms with Gasteiger partial charge in [0.2, 0.25) is 0 Å². The fourth-order valence-electron chi connectivity index (χ4n) is 1.85. The zero-order valence-corrected chi connectivity index (χ0v) is 7.92. The van der Waals surface area contributed by atoms with Crippen LogP contribution in [0.4, 0.5) is 0 Å². The summed E-state index contributed by atoms with van der Waals surface area (Å²) >= 11 is 0. The van der Waals surface area contributed by atoms with Crippen molar-refractivity contribution in [3.05, 3.63) is 0 Å². The Morgan fingerprint density at radius 2 is 1.83 bits per heavy atom. The van der Waals surface area contributed by atoms with Gasteiger partial charge in [-0.3, -0.25) is 4.79 Å². The molecule has 0 aromatic heterocycles. The molecule has 2 heteroatoms. The van der Waals surface area contributed by atoms with Crippen molar-refractivity contribution in [2.24, 2.45) is 11.8 Å². The van der Waals surface area contributed by atoms with Crippen molar-refractivity contribution in [1.82, 2.24) is 0 Å². The minimum Gasteiger partial charge on any atom is -0.385 e. The molecule has 2 nitrogen and oxygen atoms in total. The zero-order chi connectivity index (χ0) is 9.14. The van der Waals surface area contributed by atoms with Gasteiger partial charge < -0.3 is 5.11 Å². The summed E-state index contributed by atoms with van der Waals surface area (Å²) in [7, 11) is 0. The Bertz CT molecular complexity index is 157. The van der Waals surface area contributed by atoms with E-state index in [4.69, 9.17) is 0 Å². The molecule has 1 aliphatic rings. The highest BCUT2D eigenvalue weighted by Crippen LogP contribution is 2.28. The monoisotopic (exact) mass is 170 g/mol. The lowest BCUT2D eigenvalue weighted by Crippen LogP contribution is -2.31. The molecule has 0 heterocycles. The van der Waals surface area contributed by atoms with Crippen LogP contribution >= 0.6 is 0 Å². The van der Waals surface area contributed by atoms with Gasteiger partial charge in [0.15, 0.2) is 5.78 Å². The lowest BCUT2D eigenvalue weighted by molar-refractivity contribution is -0.132. The maximum Gasteiger partial charge on any atom is 0.164 e. The second-order valence-electron chi connectivity index (χ2n) is 4.05. The first-order valence-electron chi connectivity index (χ1n) is 4.84. The van der Waals surface area contributed by atoms with Crippen molar-refractivity contribution in [2.75, 3.05) is 0 Å². The van der Waals surface area contributed by atoms with E-state index in [9.17, 15) is 9.90 Å². The largest absolute Gasteiger partial charge is 0.385 e. The van der Waals surface area contributed by atoms with Crippen LogP contribution in [0.5, 0.6) is 0 Å². The van der Waals surface area contributed by atoms with Gasteiger partial charge in [0.25, 0.3) is 0 Å². The maximum absolute atomic E-state index is 11.4. The Labute approximate surface area is 74.0 Å². The third kappa shape index (κ3) is 2.07. The second kappa shape index (κ2) is 4.04. The van der Waals surface area contributed by atoms with Gasteiger partial charge in [0.05, 0.1) is 0 Å². The number of aliphatic hydroxyl groups excluding tert-OH is 1. The van der Waals surface area contributed by atoms with Crippen molar-refractivity contribution in [2.45, 2.75) is 45.6 Å². The quantitative estimate of drug-likeness (QED) is 0.700. The smallest absolute Gasteiger partial charge is 0.164 e. The summed E-state index contributed by atoms with van der Waals surface area (Å²) in [5.74, 6) is 0.238. The van der Waals surface area contributed by atoms with Crippen LogP contribution in [0.15, 0.2) is 0 Å². The maximum atomic E-state index is 11.4. The first kappa shape index (κ1) is 9.72. The molecule has 0 amide bonds. The van der Waals surface area contributed by atoms with Gasteiger partial charge in [-0.25, -0.2) is 0 Å². The number of hydrogen-bond acceptors (Lipinski definition) is 2. The predicted octanol–water partition coefficient (Wildman–Crippen LogP) is 1.76. The minimum absolute atomic E-state index is 0.0156. The van der Waals surface area contributed by atoms with Crippen molar-refractivity contribution < 1.29 is 9.90 Å². The summed E-state index contributed by atoms with van der Waals surface area (Å²) < 4.78 is 0. The summed E-state index contributed by atoms with van der Waals surface area (Å²) in [5, 5.41) is 9.64. The summed E-state index contributed by atoms with van der Waals surface area (Å²) in [6, 6.07) is 0. The summed E-state index contributed by atoms with van der Waals surface area (Å²) in [6.45, 7) is 3.70. The molecule has 1 aliphatic carbocycles. The molecule has 1 rings (SSSR count). The Kier molecular flexibility index (Phi) is 3.27. The number of rotatable bonds is 3. The number of aliphatic hydroxyl groups is 1. The second-order valence-corrected chi connectivity index (χ2v) is 4.05. The lowest BCUT2D eigenvalue weighted by Gasteiger charge is -2.17. The van der Waals surface area contributed by atoms with Gasteiger partial charge in [0.1, 0.15) is 6.10 Å². The van der Waals surface area contributed by atoms with E-state index in [2.05, 4.69) is 0 Å². The molecule has 0 aliphatic heterocycles. The first-order valence-corrected chi connectivity index (χ1v) is 4.84. The van der Waals surface area contributed by atoms with E-state index in [0.29, 0.717) is 0 Å². The van der Waals surface area contributed by atoms with Gasteiger partial charge in [-0.05, 0) is 18.8 Å². The molecule has 0 saturated heterocycles. The molecule has 70 valence electrons. The Balaban J connectivity index is 2.45. The number of ketones is 1. The van der Waals surface area contributed by atoms with Crippen LogP contribution in [0.3, 0.4) is 0 Å². The Hall–Kier alpha value is -0.370. The summed E-state index contributed by atoms with van der Waals surface area (Å²) in [4.78, 5) is 11.4. The van der Waals surface area contributed by atoms with Gasteiger partial charge in [0, 0.05) is 5.92 Å². The molecule has 0 spiro atoms. The molecule has 0 radical (unpaired) electrons. The molecular formula is C10H18O2. The Morgan fingerprint density at radius 1 is 1.33 bits per heavy atom. The van der Waals surface area contributed by atoms with Gasteiger partial charge in [-0.15, -0.1) is 0 Å². The van der Waals surface area contributed by atoms with Crippen molar-refractivity contribution in [3.63, 3.8) is 0 Å². The van der Waals surface area contributed by atoms with Gasteiger partial charge in [-0.2, -0.15) is 0 Å². The van der Waals surface area contributed by atoms with Crippen LogP contribution in [-0.2, 0) is 4.79 Å². The van der Waals surface area contributed by atoms with Crippen molar-refractivity contribution >= 4 is 5.78 Å². The minimum atomic E-state index is -0.688. The van der Waals surface area contributed by atoms with E-state index in [-0.39, 0.29) is 17.6 Å². The van der Waals surface area contributed by atoms with E-state index >= 15 is 0 Å². The molecule has 0 bridgehead atoms. The SMILES string of the molecule is CC(C)C(=O)C(O)C1CCCC1. The average molecular weight is 170 g/mol. The summed E-state index contributed by atoms with van der Waals surface area (Å²) in [6.07, 6.45) is 3.71. The third-order valence-electron chi connectivity index (χ3n) is 2.71. The van der Waals surface area contributed by atoms with E-state index in [1.165, 1.54) is 12.8 Å². The van der Waals surface area contributed by atoms with E-state index in [1.54, 1.807) is 0 Å². The molecule has 0 aromatic carbocycles. The van der Waals surface area contributed by atoms with E-state index in [1.807, 2.05) is 13.8 Å². The van der Waals surface area contributed by atoms with Crippen LogP contribution in [0.25, 0.3) is 0 Å². The van der Waals surface area contributed by atoms with Crippen LogP contribution in [-0.4, -0.2) is 17.0 Å². The normalized spacial score (nSPS) is 21.7. The van der Waals surface area contributed by atoms with Crippen molar-refractivity contribution in [3.8, 4) is 0 Å². The molecule has 1 unspecified atom stereocenters. The van der Waals surface area contributed by atoms with Crippen LogP contribution in [0, 0.1) is 11.8 Å².